The van der Waals surface area contributed by atoms with E-state index in [1.165, 1.54) is 12.1 Å². The number of ketones is 2. The number of anilines is 1. The van der Waals surface area contributed by atoms with Crippen molar-refractivity contribution in [2.45, 2.75) is 0 Å². The molecule has 2 aromatic carbocycles. The summed E-state index contributed by atoms with van der Waals surface area (Å²) >= 11 is 5.98. The molecule has 19 heavy (non-hydrogen) atoms. The van der Waals surface area contributed by atoms with Crippen LogP contribution in [-0.4, -0.2) is 16.7 Å². The highest BCUT2D eigenvalue weighted by atomic mass is 35.5. The third-order valence-electron chi connectivity index (χ3n) is 3.14. The average Bonchev–Trinajstić information content (AvgIpc) is 2.38. The number of nitrogens with two attached hydrogens (primary N) is 1. The van der Waals surface area contributed by atoms with Crippen LogP contribution in [0, 0.1) is 0 Å². The van der Waals surface area contributed by atoms with Crippen LogP contribution in [0.25, 0.3) is 0 Å². The molecule has 3 N–H and O–H groups in total. The van der Waals surface area contributed by atoms with Crippen molar-refractivity contribution >= 4 is 28.9 Å². The predicted molar refractivity (Wildman–Crippen MR) is 70.8 cm³/mol. The van der Waals surface area contributed by atoms with Gasteiger partial charge in [0.1, 0.15) is 5.75 Å². The van der Waals surface area contributed by atoms with Gasteiger partial charge in [-0.05, 0) is 18.2 Å². The molecule has 0 aromatic heterocycles. The lowest BCUT2D eigenvalue weighted by atomic mass is 9.83. The maximum atomic E-state index is 12.3. The van der Waals surface area contributed by atoms with Crippen LogP contribution in [0.1, 0.15) is 31.8 Å². The Morgan fingerprint density at radius 2 is 1.68 bits per heavy atom. The summed E-state index contributed by atoms with van der Waals surface area (Å²) in [5, 5.41) is 9.80. The number of rotatable bonds is 0. The zero-order valence-corrected chi connectivity index (χ0v) is 10.4. The second kappa shape index (κ2) is 3.83. The molecule has 0 heterocycles. The summed E-state index contributed by atoms with van der Waals surface area (Å²) < 4.78 is 0. The Hall–Kier alpha value is -2.33. The van der Waals surface area contributed by atoms with Crippen molar-refractivity contribution in [2.75, 3.05) is 5.73 Å². The second-order valence-electron chi connectivity index (χ2n) is 4.28. The number of carbonyl (C=O) groups excluding carboxylic acids is 2. The molecular formula is C14H8ClNO3. The number of halogens is 1. The molecule has 0 aliphatic heterocycles. The van der Waals surface area contributed by atoms with E-state index in [2.05, 4.69) is 0 Å². The van der Waals surface area contributed by atoms with E-state index in [0.717, 1.165) is 0 Å². The second-order valence-corrected chi connectivity index (χ2v) is 4.68. The number of phenols is 1. The summed E-state index contributed by atoms with van der Waals surface area (Å²) in [6.45, 7) is 0. The van der Waals surface area contributed by atoms with Crippen LogP contribution in [0.15, 0.2) is 30.3 Å². The summed E-state index contributed by atoms with van der Waals surface area (Å²) in [6, 6.07) is 7.23. The molecule has 0 spiro atoms. The van der Waals surface area contributed by atoms with E-state index in [-0.39, 0.29) is 50.3 Å². The van der Waals surface area contributed by atoms with Gasteiger partial charge in [0, 0.05) is 16.7 Å². The fourth-order valence-corrected chi connectivity index (χ4v) is 2.46. The van der Waals surface area contributed by atoms with Crippen molar-refractivity contribution in [2.24, 2.45) is 0 Å². The van der Waals surface area contributed by atoms with E-state index < -0.39 is 0 Å². The lowest BCUT2D eigenvalue weighted by Gasteiger charge is -2.19. The number of nitrogen functional groups attached to an aromatic ring is 1. The molecule has 1 aliphatic carbocycles. The molecule has 3 rings (SSSR count). The number of fused-ring (bicyclic) bond motifs is 2. The molecule has 0 atom stereocenters. The van der Waals surface area contributed by atoms with E-state index in [4.69, 9.17) is 17.3 Å². The van der Waals surface area contributed by atoms with Crippen LogP contribution in [0.2, 0.25) is 5.02 Å². The molecule has 2 aromatic rings. The van der Waals surface area contributed by atoms with Gasteiger partial charge in [0.25, 0.3) is 0 Å². The highest BCUT2D eigenvalue weighted by Crippen LogP contribution is 2.35. The molecule has 1 aliphatic rings. The van der Waals surface area contributed by atoms with E-state index in [0.29, 0.717) is 0 Å². The van der Waals surface area contributed by atoms with E-state index in [1.54, 1.807) is 18.2 Å². The van der Waals surface area contributed by atoms with Gasteiger partial charge >= 0.3 is 0 Å². The molecule has 0 saturated carbocycles. The molecule has 0 bridgehead atoms. The first kappa shape index (κ1) is 11.7. The van der Waals surface area contributed by atoms with Gasteiger partial charge in [-0.3, -0.25) is 9.59 Å². The van der Waals surface area contributed by atoms with Gasteiger partial charge in [-0.25, -0.2) is 0 Å². The molecule has 0 saturated heterocycles. The third kappa shape index (κ3) is 1.54. The Labute approximate surface area is 113 Å². The predicted octanol–water partition coefficient (Wildman–Crippen LogP) is 2.40. The van der Waals surface area contributed by atoms with E-state index >= 15 is 0 Å². The number of aromatic hydroxyl groups is 1. The van der Waals surface area contributed by atoms with Gasteiger partial charge < -0.3 is 10.8 Å². The first-order valence-electron chi connectivity index (χ1n) is 5.51. The van der Waals surface area contributed by atoms with Crippen molar-refractivity contribution in [1.82, 2.24) is 0 Å². The zero-order chi connectivity index (χ0) is 13.7. The largest absolute Gasteiger partial charge is 0.506 e. The molecule has 4 nitrogen and oxygen atoms in total. The fraction of sp³-hybridized carbons (Fsp3) is 0. The summed E-state index contributed by atoms with van der Waals surface area (Å²) in [5.74, 6) is -0.931. The molecular weight excluding hydrogens is 266 g/mol. The monoisotopic (exact) mass is 273 g/mol. The molecule has 0 amide bonds. The van der Waals surface area contributed by atoms with Gasteiger partial charge in [-0.2, -0.15) is 0 Å². The summed E-state index contributed by atoms with van der Waals surface area (Å²) in [5.41, 5.74) is 6.37. The number of carbonyl (C=O) groups is 2. The van der Waals surface area contributed by atoms with Gasteiger partial charge in [0.15, 0.2) is 11.6 Å². The third-order valence-corrected chi connectivity index (χ3v) is 3.46. The Morgan fingerprint density at radius 3 is 2.42 bits per heavy atom. The average molecular weight is 274 g/mol. The van der Waals surface area contributed by atoms with Gasteiger partial charge in [0.2, 0.25) is 0 Å². The highest BCUT2D eigenvalue weighted by Gasteiger charge is 2.32. The normalized spacial score (nSPS) is 13.1. The lowest BCUT2D eigenvalue weighted by molar-refractivity contribution is 0.0979. The van der Waals surface area contributed by atoms with Crippen molar-refractivity contribution < 1.29 is 14.7 Å². The number of hydrogen-bond donors (Lipinski definition) is 2. The molecule has 5 heteroatoms. The van der Waals surface area contributed by atoms with Crippen LogP contribution < -0.4 is 5.73 Å². The smallest absolute Gasteiger partial charge is 0.196 e. The first-order valence-corrected chi connectivity index (χ1v) is 5.89. The summed E-state index contributed by atoms with van der Waals surface area (Å²) in [4.78, 5) is 24.7. The number of phenolic OH excluding ortho intramolecular Hbond substituents is 1. The van der Waals surface area contributed by atoms with E-state index in [9.17, 15) is 14.7 Å². The maximum Gasteiger partial charge on any atom is 0.196 e. The maximum absolute atomic E-state index is 12.3. The van der Waals surface area contributed by atoms with Crippen molar-refractivity contribution in [3.8, 4) is 5.75 Å². The molecule has 0 radical (unpaired) electrons. The van der Waals surface area contributed by atoms with Gasteiger partial charge in [-0.15, -0.1) is 0 Å². The van der Waals surface area contributed by atoms with Crippen LogP contribution in [0.3, 0.4) is 0 Å². The number of hydrogen-bond acceptors (Lipinski definition) is 4. The van der Waals surface area contributed by atoms with E-state index in [1.807, 2.05) is 0 Å². The highest BCUT2D eigenvalue weighted by molar-refractivity contribution is 6.39. The Kier molecular flexibility index (Phi) is 2.37. The molecule has 0 fully saturated rings. The Bertz CT molecular complexity index is 753. The minimum absolute atomic E-state index is 0.0605. The first-order chi connectivity index (χ1) is 9.00. The molecule has 94 valence electrons. The van der Waals surface area contributed by atoms with Gasteiger partial charge in [-0.1, -0.05) is 23.7 Å². The minimum Gasteiger partial charge on any atom is -0.506 e. The summed E-state index contributed by atoms with van der Waals surface area (Å²) in [7, 11) is 0. The Morgan fingerprint density at radius 1 is 1.00 bits per heavy atom. The SMILES string of the molecule is Nc1cc2c(cc1O)C(=O)c1c(Cl)cccc1C2=O. The van der Waals surface area contributed by atoms with Gasteiger partial charge in [0.05, 0.1) is 16.3 Å². The van der Waals surface area contributed by atoms with Crippen molar-refractivity contribution in [1.29, 1.82) is 0 Å². The number of benzene rings is 2. The summed E-state index contributed by atoms with van der Waals surface area (Å²) in [6.07, 6.45) is 0. The van der Waals surface area contributed by atoms with Crippen LogP contribution in [0.4, 0.5) is 5.69 Å². The zero-order valence-electron chi connectivity index (χ0n) is 9.61. The van der Waals surface area contributed by atoms with Crippen LogP contribution in [-0.2, 0) is 0 Å². The Balaban J connectivity index is 2.36. The topological polar surface area (TPSA) is 80.4 Å². The quantitative estimate of drug-likeness (QED) is 0.487. The van der Waals surface area contributed by atoms with Crippen molar-refractivity contribution in [3.63, 3.8) is 0 Å². The van der Waals surface area contributed by atoms with Crippen LogP contribution >= 0.6 is 11.6 Å². The van der Waals surface area contributed by atoms with Crippen molar-refractivity contribution in [3.05, 3.63) is 57.6 Å². The van der Waals surface area contributed by atoms with Crippen LogP contribution in [0.5, 0.6) is 5.75 Å². The standard InChI is InChI=1S/C14H8ClNO3/c15-9-3-1-2-6-12(9)14(19)8-5-11(17)10(16)4-7(8)13(6)18/h1-5,17H,16H2. The molecule has 0 unspecified atom stereocenters. The minimum atomic E-state index is -0.384. The fourth-order valence-electron chi connectivity index (χ4n) is 2.20. The lowest BCUT2D eigenvalue weighted by Crippen LogP contribution is -2.21.